The molecule has 0 aromatic carbocycles. The molecule has 0 aromatic rings. The largest absolute Gasteiger partial charge is 0.316 e. The third-order valence-corrected chi connectivity index (χ3v) is 1.44. The summed E-state index contributed by atoms with van der Waals surface area (Å²) < 4.78 is 0. The molecule has 6 nitrogen and oxygen atoms in total. The van der Waals surface area contributed by atoms with E-state index in [0.717, 1.165) is 6.42 Å². The van der Waals surface area contributed by atoms with Crippen LogP contribution in [0.25, 0.3) is 0 Å². The van der Waals surface area contributed by atoms with Gasteiger partial charge in [-0.25, -0.2) is 0 Å². The summed E-state index contributed by atoms with van der Waals surface area (Å²) in [5.41, 5.74) is 27.2. The van der Waals surface area contributed by atoms with E-state index in [-0.39, 0.29) is 18.8 Å². The second-order valence-corrected chi connectivity index (χ2v) is 3.10. The van der Waals surface area contributed by atoms with E-state index in [1.54, 1.807) is 0 Å². The van der Waals surface area contributed by atoms with E-state index in [4.69, 9.17) is 28.7 Å². The van der Waals surface area contributed by atoms with E-state index in [1.807, 2.05) is 6.92 Å². The van der Waals surface area contributed by atoms with Gasteiger partial charge in [-0.2, -0.15) is 0 Å². The normalized spacial score (nSPS) is 17.5. The molecule has 0 rings (SSSR count). The fraction of sp³-hybridized carbons (Fsp3) is 1.00. The highest BCUT2D eigenvalue weighted by atomic mass is 15.2. The second kappa shape index (κ2) is 4.70. The zero-order valence-electron chi connectivity index (χ0n) is 7.46. The lowest BCUT2D eigenvalue weighted by molar-refractivity contribution is 0.323. The van der Waals surface area contributed by atoms with Gasteiger partial charge in [0.25, 0.3) is 0 Å². The van der Waals surface area contributed by atoms with Crippen molar-refractivity contribution in [2.45, 2.75) is 37.9 Å². The highest BCUT2D eigenvalue weighted by Crippen LogP contribution is 1.93. The lowest BCUT2D eigenvalue weighted by Crippen LogP contribution is -2.63. The fourth-order valence-electron chi connectivity index (χ4n) is 0.833. The first-order chi connectivity index (χ1) is 5.35. The lowest BCUT2D eigenvalue weighted by Gasteiger charge is -2.25. The monoisotopic (exact) mass is 176 g/mol. The first-order valence-corrected chi connectivity index (χ1v) is 3.99. The summed E-state index contributed by atoms with van der Waals surface area (Å²) in [5.74, 6) is -1.24. The molecule has 0 radical (unpaired) electrons. The Hall–Kier alpha value is -0.240. The van der Waals surface area contributed by atoms with Gasteiger partial charge in [0.15, 0.2) is 0 Å². The molecule has 0 heterocycles. The summed E-state index contributed by atoms with van der Waals surface area (Å²) in [5, 5.41) is 2.90. The summed E-state index contributed by atoms with van der Waals surface area (Å²) in [6, 6.07) is 0. The van der Waals surface area contributed by atoms with Crippen LogP contribution < -0.4 is 34.0 Å². The van der Waals surface area contributed by atoms with E-state index in [1.165, 1.54) is 0 Å². The van der Waals surface area contributed by atoms with Crippen molar-refractivity contribution in [3.63, 3.8) is 0 Å². The van der Waals surface area contributed by atoms with Crippen LogP contribution >= 0.6 is 0 Å². The van der Waals surface area contributed by atoms with Gasteiger partial charge in [-0.15, -0.1) is 0 Å². The van der Waals surface area contributed by atoms with Crippen LogP contribution in [0, 0.1) is 0 Å². The molecule has 0 aliphatic rings. The van der Waals surface area contributed by atoms with Crippen LogP contribution in [-0.2, 0) is 0 Å². The van der Waals surface area contributed by atoms with Crippen LogP contribution in [0.4, 0.5) is 0 Å². The number of nitrogens with two attached hydrogens (primary N) is 5. The lowest BCUT2D eigenvalue weighted by atomic mass is 10.2. The van der Waals surface area contributed by atoms with Crippen LogP contribution in [0.5, 0.6) is 0 Å². The zero-order valence-corrected chi connectivity index (χ0v) is 7.46. The molecule has 6 heteroatoms. The molecule has 0 aromatic heterocycles. The molecule has 2 atom stereocenters. The van der Waals surface area contributed by atoms with Crippen LogP contribution in [0.1, 0.15) is 19.8 Å². The highest BCUT2D eigenvalue weighted by Gasteiger charge is 2.17. The number of hydrogen-bond donors (Lipinski definition) is 6. The quantitative estimate of drug-likeness (QED) is 0.255. The average molecular weight is 176 g/mol. The maximum Gasteiger partial charge on any atom is 0.118 e. The third-order valence-electron chi connectivity index (χ3n) is 1.44. The summed E-state index contributed by atoms with van der Waals surface area (Å²) in [6.45, 7) is 1.95. The van der Waals surface area contributed by atoms with Crippen LogP contribution in [0.3, 0.4) is 0 Å². The molecule has 12 heavy (non-hydrogen) atoms. The van der Waals surface area contributed by atoms with Gasteiger partial charge in [-0.05, 0) is 6.42 Å². The first kappa shape index (κ1) is 11.8. The average Bonchev–Trinajstić information content (AvgIpc) is 1.82. The molecule has 0 saturated heterocycles. The minimum Gasteiger partial charge on any atom is -0.316 e. The predicted octanol–water partition coefficient (Wildman–Crippen LogP) is -2.52. The van der Waals surface area contributed by atoms with Crippen molar-refractivity contribution in [3.8, 4) is 0 Å². The van der Waals surface area contributed by atoms with E-state index in [9.17, 15) is 0 Å². The van der Waals surface area contributed by atoms with E-state index in [0.29, 0.717) is 0 Å². The molecule has 2 unspecified atom stereocenters. The van der Waals surface area contributed by atoms with Crippen molar-refractivity contribution in [3.05, 3.63) is 0 Å². The molecular formula is C6H20N6. The molecule has 0 spiro atoms. The standard InChI is InChI=1S/C6H20N6/c1-2-4(7)12-5(8)3-6(9,10)11/h4-5,12H,2-3,7-11H2,1H3. The van der Waals surface area contributed by atoms with Crippen molar-refractivity contribution < 1.29 is 0 Å². The topological polar surface area (TPSA) is 142 Å². The van der Waals surface area contributed by atoms with Crippen LogP contribution in [0.2, 0.25) is 0 Å². The fourth-order valence-corrected chi connectivity index (χ4v) is 0.833. The van der Waals surface area contributed by atoms with Crippen LogP contribution in [0.15, 0.2) is 0 Å². The molecule has 0 amide bonds. The Labute approximate surface area is 72.8 Å². The van der Waals surface area contributed by atoms with Crippen molar-refractivity contribution >= 4 is 0 Å². The minimum atomic E-state index is -1.24. The molecule has 0 aliphatic heterocycles. The summed E-state index contributed by atoms with van der Waals surface area (Å²) in [7, 11) is 0. The van der Waals surface area contributed by atoms with Crippen molar-refractivity contribution in [2.75, 3.05) is 0 Å². The number of nitrogens with one attached hydrogen (secondary N) is 1. The maximum absolute atomic E-state index is 5.61. The highest BCUT2D eigenvalue weighted by molar-refractivity contribution is 4.75. The SMILES string of the molecule is CCC(N)NC(N)CC(N)(N)N. The van der Waals surface area contributed by atoms with E-state index < -0.39 is 5.79 Å². The minimum absolute atomic E-state index is 0.137. The Morgan fingerprint density at radius 3 is 2.00 bits per heavy atom. The van der Waals surface area contributed by atoms with E-state index >= 15 is 0 Å². The van der Waals surface area contributed by atoms with Gasteiger partial charge in [0, 0.05) is 6.42 Å². The molecule has 0 fully saturated rings. The van der Waals surface area contributed by atoms with Gasteiger partial charge >= 0.3 is 0 Å². The Kier molecular flexibility index (Phi) is 4.61. The molecular weight excluding hydrogens is 156 g/mol. The van der Waals surface area contributed by atoms with Crippen molar-refractivity contribution in [1.29, 1.82) is 0 Å². The van der Waals surface area contributed by atoms with Gasteiger partial charge in [-0.1, -0.05) is 6.92 Å². The zero-order chi connectivity index (χ0) is 9.78. The molecule has 11 N–H and O–H groups in total. The van der Waals surface area contributed by atoms with Crippen molar-refractivity contribution in [2.24, 2.45) is 28.7 Å². The van der Waals surface area contributed by atoms with Gasteiger partial charge in [0.05, 0.1) is 12.3 Å². The first-order valence-electron chi connectivity index (χ1n) is 3.99. The Balaban J connectivity index is 3.66. The summed E-state index contributed by atoms with van der Waals surface area (Å²) >= 11 is 0. The predicted molar refractivity (Wildman–Crippen MR) is 49.3 cm³/mol. The summed E-state index contributed by atoms with van der Waals surface area (Å²) in [4.78, 5) is 0. The molecule has 74 valence electrons. The molecule has 0 saturated carbocycles. The van der Waals surface area contributed by atoms with Crippen molar-refractivity contribution in [1.82, 2.24) is 5.32 Å². The Morgan fingerprint density at radius 1 is 1.17 bits per heavy atom. The van der Waals surface area contributed by atoms with Gasteiger partial charge < -0.3 is 28.7 Å². The third kappa shape index (κ3) is 6.47. The smallest absolute Gasteiger partial charge is 0.118 e. The number of rotatable bonds is 5. The Bertz CT molecular complexity index is 120. The van der Waals surface area contributed by atoms with Gasteiger partial charge in [0.2, 0.25) is 0 Å². The maximum atomic E-state index is 5.61. The molecule has 0 aliphatic carbocycles. The number of hydrogen-bond acceptors (Lipinski definition) is 6. The van der Waals surface area contributed by atoms with E-state index in [2.05, 4.69) is 5.32 Å². The van der Waals surface area contributed by atoms with Gasteiger partial charge in [-0.3, -0.25) is 5.32 Å². The molecule has 0 bridgehead atoms. The van der Waals surface area contributed by atoms with Gasteiger partial charge in [0.1, 0.15) is 5.79 Å². The summed E-state index contributed by atoms with van der Waals surface area (Å²) in [6.07, 6.45) is 0.573. The Morgan fingerprint density at radius 2 is 1.67 bits per heavy atom. The second-order valence-electron chi connectivity index (χ2n) is 3.10. The van der Waals surface area contributed by atoms with Crippen LogP contribution in [-0.4, -0.2) is 18.1 Å².